The summed E-state index contributed by atoms with van der Waals surface area (Å²) in [6.07, 6.45) is 2.13. The predicted molar refractivity (Wildman–Crippen MR) is 165 cm³/mol. The van der Waals surface area contributed by atoms with E-state index in [-0.39, 0.29) is 63.5 Å². The van der Waals surface area contributed by atoms with Gasteiger partial charge in [0.2, 0.25) is 0 Å². The number of rotatable bonds is 13. The maximum atomic E-state index is 13.4. The lowest BCUT2D eigenvalue weighted by Gasteiger charge is -2.19. The van der Waals surface area contributed by atoms with Crippen molar-refractivity contribution in [2.75, 3.05) is 30.4 Å². The molecule has 0 atom stereocenters. The molecule has 0 aliphatic heterocycles. The fraction of sp³-hybridized carbons (Fsp3) is 0.200. The number of carbonyl (C=O) groups excluding carboxylic acids is 1. The third kappa shape index (κ3) is 8.74. The number of ether oxygens (including phenoxy) is 4. The fourth-order valence-corrected chi connectivity index (χ4v) is 4.91. The molecule has 0 spiro atoms. The Bertz CT molecular complexity index is 1770. The smallest absolute Gasteiger partial charge is 0.412 e. The summed E-state index contributed by atoms with van der Waals surface area (Å²) in [7, 11) is -2.91. The van der Waals surface area contributed by atoms with Crippen LogP contribution >= 0.6 is 11.6 Å². The number of carbonyl (C=O) groups is 2. The van der Waals surface area contributed by atoms with Crippen molar-refractivity contribution in [2.24, 2.45) is 0 Å². The van der Waals surface area contributed by atoms with E-state index in [9.17, 15) is 23.1 Å². The molecule has 1 amide bonds. The van der Waals surface area contributed by atoms with Crippen molar-refractivity contribution in [3.63, 3.8) is 0 Å². The van der Waals surface area contributed by atoms with Crippen molar-refractivity contribution in [2.45, 2.75) is 24.8 Å². The largest absolute Gasteiger partial charge is 0.497 e. The number of carboxylic acids is 1. The van der Waals surface area contributed by atoms with Gasteiger partial charge < -0.3 is 24.1 Å². The number of methoxy groups -OCH3 is 1. The molecule has 0 unspecified atom stereocenters. The SMILES string of the molecule is COc1ccc(Cl)c(Oc2c(NS(=O)(=O)c3ccc(C(C)C)cn3)cc(C(=O)O)cc2OCCOC(=O)Nc2ccccn2)c1. The van der Waals surface area contributed by atoms with Crippen LogP contribution in [0.15, 0.2) is 78.1 Å². The average molecular weight is 657 g/mol. The van der Waals surface area contributed by atoms with E-state index in [1.54, 1.807) is 30.3 Å². The molecule has 0 radical (unpaired) electrons. The van der Waals surface area contributed by atoms with Gasteiger partial charge in [0.1, 0.15) is 30.5 Å². The number of carboxylic acid groups (broad SMARTS) is 1. The lowest BCUT2D eigenvalue weighted by Crippen LogP contribution is -2.19. The number of halogens is 1. The molecule has 0 saturated heterocycles. The van der Waals surface area contributed by atoms with E-state index in [1.807, 2.05) is 13.8 Å². The van der Waals surface area contributed by atoms with Crippen LogP contribution < -0.4 is 24.2 Å². The van der Waals surface area contributed by atoms with Crippen LogP contribution in [0.1, 0.15) is 35.7 Å². The molecule has 2 aromatic heterocycles. The number of hydrogen-bond donors (Lipinski definition) is 3. The number of nitrogens with zero attached hydrogens (tertiary/aromatic N) is 2. The van der Waals surface area contributed by atoms with Crippen LogP contribution in [0.3, 0.4) is 0 Å². The number of nitrogens with one attached hydrogen (secondary N) is 2. The van der Waals surface area contributed by atoms with Crippen LogP contribution in [0.2, 0.25) is 5.02 Å². The van der Waals surface area contributed by atoms with Crippen LogP contribution in [0.4, 0.5) is 16.3 Å². The summed E-state index contributed by atoms with van der Waals surface area (Å²) in [6, 6.07) is 14.6. The normalized spacial score (nSPS) is 11.0. The fourth-order valence-electron chi connectivity index (χ4n) is 3.77. The molecule has 2 aromatic carbocycles. The number of aromatic carboxylic acids is 1. The number of pyridine rings is 2. The summed E-state index contributed by atoms with van der Waals surface area (Å²) in [5.74, 6) is -0.978. The molecule has 4 rings (SSSR count). The summed E-state index contributed by atoms with van der Waals surface area (Å²) in [4.78, 5) is 32.2. The van der Waals surface area contributed by atoms with Gasteiger partial charge in [-0.25, -0.2) is 19.6 Å². The van der Waals surface area contributed by atoms with E-state index in [1.165, 1.54) is 37.7 Å². The van der Waals surface area contributed by atoms with Crippen LogP contribution in [0.5, 0.6) is 23.0 Å². The van der Waals surface area contributed by atoms with E-state index < -0.39 is 22.1 Å². The van der Waals surface area contributed by atoms with Gasteiger partial charge in [0.15, 0.2) is 16.5 Å². The third-order valence-corrected chi connectivity index (χ3v) is 7.66. The Labute approximate surface area is 264 Å². The van der Waals surface area contributed by atoms with Crippen LogP contribution in [-0.4, -0.2) is 55.9 Å². The predicted octanol–water partition coefficient (Wildman–Crippen LogP) is 6.18. The summed E-state index contributed by atoms with van der Waals surface area (Å²) in [5.41, 5.74) is 0.209. The standard InChI is InChI=1S/C30H29ClN4O9S/c1-18(2)19-7-10-27(33-17-19)45(39,40)35-23-14-20(29(36)37)15-25(28(23)44-24-16-21(41-3)8-9-22(24)31)42-12-13-43-30(38)34-26-6-4-5-11-32-26/h4-11,14-18,35H,12-13H2,1-3H3,(H,36,37)(H,32,34,38). The molecule has 0 saturated carbocycles. The number of hydrogen-bond acceptors (Lipinski definition) is 10. The highest BCUT2D eigenvalue weighted by Gasteiger charge is 2.25. The second-order valence-electron chi connectivity index (χ2n) is 9.57. The third-order valence-electron chi connectivity index (χ3n) is 6.07. The van der Waals surface area contributed by atoms with Crippen LogP contribution in [0, 0.1) is 0 Å². The number of aromatic nitrogens is 2. The highest BCUT2D eigenvalue weighted by Crippen LogP contribution is 2.43. The second-order valence-corrected chi connectivity index (χ2v) is 11.6. The zero-order valence-corrected chi connectivity index (χ0v) is 25.9. The number of amides is 1. The first-order valence-corrected chi connectivity index (χ1v) is 15.2. The van der Waals surface area contributed by atoms with Gasteiger partial charge in [0.25, 0.3) is 10.0 Å². The minimum absolute atomic E-state index is 0.0507. The Balaban J connectivity index is 1.67. The van der Waals surface area contributed by atoms with Gasteiger partial charge in [-0.1, -0.05) is 37.6 Å². The lowest BCUT2D eigenvalue weighted by atomic mass is 10.1. The van der Waals surface area contributed by atoms with E-state index in [2.05, 4.69) is 20.0 Å². The quantitative estimate of drug-likeness (QED) is 0.140. The molecule has 0 bridgehead atoms. The van der Waals surface area contributed by atoms with Gasteiger partial charge in [0.05, 0.1) is 23.4 Å². The molecule has 0 fully saturated rings. The first-order valence-electron chi connectivity index (χ1n) is 13.4. The first-order chi connectivity index (χ1) is 21.5. The highest BCUT2D eigenvalue weighted by molar-refractivity contribution is 7.92. The van der Waals surface area contributed by atoms with E-state index in [4.69, 9.17) is 30.5 Å². The number of sulfonamides is 1. The summed E-state index contributed by atoms with van der Waals surface area (Å²) >= 11 is 6.35. The molecule has 2 heterocycles. The molecule has 0 aliphatic rings. The average Bonchev–Trinajstić information content (AvgIpc) is 3.01. The van der Waals surface area contributed by atoms with Gasteiger partial charge in [-0.3, -0.25) is 10.0 Å². The summed E-state index contributed by atoms with van der Waals surface area (Å²) < 4.78 is 51.3. The molecule has 0 aliphatic carbocycles. The second kappa shape index (κ2) is 14.6. The van der Waals surface area contributed by atoms with Crippen LogP contribution in [-0.2, 0) is 14.8 Å². The van der Waals surface area contributed by atoms with E-state index in [0.717, 1.165) is 17.7 Å². The molecule has 4 aromatic rings. The topological polar surface area (TPSA) is 175 Å². The monoisotopic (exact) mass is 656 g/mol. The van der Waals surface area contributed by atoms with Gasteiger partial charge >= 0.3 is 12.1 Å². The minimum atomic E-state index is -4.35. The van der Waals surface area contributed by atoms with Gasteiger partial charge in [-0.15, -0.1) is 0 Å². The van der Waals surface area contributed by atoms with Crippen molar-refractivity contribution >= 4 is 45.2 Å². The maximum Gasteiger partial charge on any atom is 0.412 e. The van der Waals surface area contributed by atoms with Crippen molar-refractivity contribution < 1.29 is 42.1 Å². The maximum absolute atomic E-state index is 13.4. The minimum Gasteiger partial charge on any atom is -0.497 e. The molecular weight excluding hydrogens is 628 g/mol. The van der Waals surface area contributed by atoms with Crippen molar-refractivity contribution in [1.29, 1.82) is 0 Å². The molecule has 15 heteroatoms. The van der Waals surface area contributed by atoms with Gasteiger partial charge in [-0.05, 0) is 53.9 Å². The summed E-state index contributed by atoms with van der Waals surface area (Å²) in [6.45, 7) is 3.33. The zero-order valence-electron chi connectivity index (χ0n) is 24.3. The lowest BCUT2D eigenvalue weighted by molar-refractivity contribution is 0.0696. The molecule has 45 heavy (non-hydrogen) atoms. The van der Waals surface area contributed by atoms with Crippen molar-refractivity contribution in [1.82, 2.24) is 9.97 Å². The Morgan fingerprint density at radius 3 is 2.44 bits per heavy atom. The Morgan fingerprint density at radius 2 is 1.80 bits per heavy atom. The highest BCUT2D eigenvalue weighted by atomic mass is 35.5. The van der Waals surface area contributed by atoms with Crippen molar-refractivity contribution in [3.8, 4) is 23.0 Å². The van der Waals surface area contributed by atoms with Gasteiger partial charge in [-0.2, -0.15) is 8.42 Å². The van der Waals surface area contributed by atoms with Gasteiger partial charge in [0, 0.05) is 18.5 Å². The van der Waals surface area contributed by atoms with Crippen molar-refractivity contribution in [3.05, 3.63) is 89.2 Å². The Kier molecular flexibility index (Phi) is 10.6. The number of benzene rings is 2. The molecule has 3 N–H and O–H groups in total. The zero-order chi connectivity index (χ0) is 32.6. The first kappa shape index (κ1) is 32.8. The molecule has 13 nitrogen and oxygen atoms in total. The van der Waals surface area contributed by atoms with E-state index in [0.29, 0.717) is 5.75 Å². The van der Waals surface area contributed by atoms with Crippen LogP contribution in [0.25, 0.3) is 0 Å². The Hall–Kier alpha value is -5.08. The molecular formula is C30H29ClN4O9S. The molecule has 236 valence electrons. The Morgan fingerprint density at radius 1 is 1.00 bits per heavy atom. The van der Waals surface area contributed by atoms with E-state index >= 15 is 0 Å². The summed E-state index contributed by atoms with van der Waals surface area (Å²) in [5, 5.41) is 12.1. The number of anilines is 2.